The lowest BCUT2D eigenvalue weighted by molar-refractivity contribution is 0.668. The highest BCUT2D eigenvalue weighted by Gasteiger charge is 2.21. The third kappa shape index (κ3) is 4.59. The third-order valence-corrected chi connectivity index (χ3v) is 9.64. The summed E-state index contributed by atoms with van der Waals surface area (Å²) in [7, 11) is 0. The van der Waals surface area contributed by atoms with Crippen LogP contribution in [-0.4, -0.2) is 0 Å². The Labute approximate surface area is 282 Å². The van der Waals surface area contributed by atoms with Crippen molar-refractivity contribution in [3.63, 3.8) is 0 Å². The van der Waals surface area contributed by atoms with Crippen molar-refractivity contribution in [2.75, 3.05) is 4.90 Å². The Kier molecular flexibility index (Phi) is 6.18. The summed E-state index contributed by atoms with van der Waals surface area (Å²) in [6.07, 6.45) is 0. The quantitative estimate of drug-likeness (QED) is 0.190. The third-order valence-electron chi connectivity index (χ3n) is 9.64. The number of anilines is 3. The second kappa shape index (κ2) is 11.0. The molecule has 8 aromatic carbocycles. The number of benzene rings is 8. The Balaban J connectivity index is 1.26. The zero-order chi connectivity index (χ0) is 32.3. The average molecular weight is 628 g/mol. The van der Waals surface area contributed by atoms with Gasteiger partial charge in [-0.15, -0.1) is 0 Å². The summed E-state index contributed by atoms with van der Waals surface area (Å²) in [6, 6.07) is 62.3. The van der Waals surface area contributed by atoms with E-state index in [9.17, 15) is 0 Å². The molecule has 49 heavy (non-hydrogen) atoms. The summed E-state index contributed by atoms with van der Waals surface area (Å²) in [4.78, 5) is 2.38. The maximum atomic E-state index is 6.27. The van der Waals surface area contributed by atoms with E-state index in [-0.39, 0.29) is 0 Å². The predicted molar refractivity (Wildman–Crippen MR) is 204 cm³/mol. The van der Waals surface area contributed by atoms with Crippen LogP contribution in [0, 0.1) is 0 Å². The number of para-hydroxylation sites is 2. The van der Waals surface area contributed by atoms with Gasteiger partial charge in [0.2, 0.25) is 0 Å². The minimum Gasteiger partial charge on any atom is -0.456 e. The monoisotopic (exact) mass is 627 g/mol. The molecule has 0 atom stereocenters. The zero-order valence-electron chi connectivity index (χ0n) is 26.5. The maximum absolute atomic E-state index is 6.27. The molecule has 2 aromatic heterocycles. The zero-order valence-corrected chi connectivity index (χ0v) is 26.5. The molecule has 0 unspecified atom stereocenters. The molecule has 10 rings (SSSR count). The van der Waals surface area contributed by atoms with E-state index >= 15 is 0 Å². The fraction of sp³-hybridized carbons (Fsp3) is 0. The SMILES string of the molecule is c1ccc(-c2ccc(-c3ccc4ccccc4c3)cc2N(c2ccc3oc4ccccc4c3c2)c2ccc3oc4ccccc4c3c2)cc1. The Bertz CT molecular complexity index is 2730. The number of furan rings is 2. The first-order valence-corrected chi connectivity index (χ1v) is 16.6. The normalized spacial score (nSPS) is 11.7. The highest BCUT2D eigenvalue weighted by atomic mass is 16.3. The Morgan fingerprint density at radius 1 is 0.327 bits per heavy atom. The van der Waals surface area contributed by atoms with Crippen LogP contribution in [0.15, 0.2) is 185 Å². The molecule has 0 fully saturated rings. The topological polar surface area (TPSA) is 29.5 Å². The van der Waals surface area contributed by atoms with Gasteiger partial charge in [-0.05, 0) is 88.1 Å². The fourth-order valence-electron chi connectivity index (χ4n) is 7.26. The van der Waals surface area contributed by atoms with Gasteiger partial charge in [-0.3, -0.25) is 0 Å². The van der Waals surface area contributed by atoms with Crippen molar-refractivity contribution in [2.24, 2.45) is 0 Å². The lowest BCUT2D eigenvalue weighted by Crippen LogP contribution is -2.11. The summed E-state index contributed by atoms with van der Waals surface area (Å²) < 4.78 is 12.5. The summed E-state index contributed by atoms with van der Waals surface area (Å²) in [5.41, 5.74) is 11.3. The number of nitrogens with zero attached hydrogens (tertiary/aromatic N) is 1. The summed E-state index contributed by atoms with van der Waals surface area (Å²) in [6.45, 7) is 0. The van der Waals surface area contributed by atoms with E-state index < -0.39 is 0 Å². The first-order valence-electron chi connectivity index (χ1n) is 16.6. The molecule has 0 saturated heterocycles. The fourth-order valence-corrected chi connectivity index (χ4v) is 7.26. The summed E-state index contributed by atoms with van der Waals surface area (Å²) in [5.74, 6) is 0. The van der Waals surface area contributed by atoms with Crippen LogP contribution in [0.3, 0.4) is 0 Å². The summed E-state index contributed by atoms with van der Waals surface area (Å²) >= 11 is 0. The second-order valence-corrected chi connectivity index (χ2v) is 12.6. The van der Waals surface area contributed by atoms with E-state index in [2.05, 4.69) is 157 Å². The Morgan fingerprint density at radius 3 is 1.53 bits per heavy atom. The van der Waals surface area contributed by atoms with Crippen molar-refractivity contribution < 1.29 is 8.83 Å². The molecule has 0 amide bonds. The van der Waals surface area contributed by atoms with Crippen molar-refractivity contribution in [3.05, 3.63) is 176 Å². The van der Waals surface area contributed by atoms with Crippen LogP contribution < -0.4 is 4.90 Å². The van der Waals surface area contributed by atoms with Crippen LogP contribution >= 0.6 is 0 Å². The first-order chi connectivity index (χ1) is 24.3. The van der Waals surface area contributed by atoms with E-state index in [1.807, 2.05) is 24.3 Å². The van der Waals surface area contributed by atoms with Gasteiger partial charge in [0, 0.05) is 38.5 Å². The van der Waals surface area contributed by atoms with E-state index in [0.717, 1.165) is 77.6 Å². The molecule has 3 heteroatoms. The van der Waals surface area contributed by atoms with Gasteiger partial charge in [0.15, 0.2) is 0 Å². The minimum atomic E-state index is 0.870. The summed E-state index contributed by atoms with van der Waals surface area (Å²) in [5, 5.41) is 6.82. The second-order valence-electron chi connectivity index (χ2n) is 12.6. The first kappa shape index (κ1) is 27.5. The van der Waals surface area contributed by atoms with Crippen LogP contribution in [0.25, 0.3) is 76.9 Å². The molecule has 0 aliphatic heterocycles. The Hall–Kier alpha value is -6.58. The van der Waals surface area contributed by atoms with Crippen molar-refractivity contribution in [3.8, 4) is 22.3 Å². The van der Waals surface area contributed by atoms with Gasteiger partial charge >= 0.3 is 0 Å². The maximum Gasteiger partial charge on any atom is 0.135 e. The van der Waals surface area contributed by atoms with E-state index in [1.54, 1.807) is 0 Å². The molecular formula is C46H29NO2. The number of hydrogen-bond donors (Lipinski definition) is 0. The molecule has 10 aromatic rings. The smallest absolute Gasteiger partial charge is 0.135 e. The number of hydrogen-bond acceptors (Lipinski definition) is 3. The predicted octanol–water partition coefficient (Wildman–Crippen LogP) is 13.4. The highest BCUT2D eigenvalue weighted by Crippen LogP contribution is 2.46. The number of rotatable bonds is 5. The molecule has 0 saturated carbocycles. The van der Waals surface area contributed by atoms with Crippen LogP contribution in [0.4, 0.5) is 17.1 Å². The van der Waals surface area contributed by atoms with E-state index in [1.165, 1.54) is 16.3 Å². The molecule has 0 radical (unpaired) electrons. The average Bonchev–Trinajstić information content (AvgIpc) is 3.73. The largest absolute Gasteiger partial charge is 0.456 e. The minimum absolute atomic E-state index is 0.870. The lowest BCUT2D eigenvalue weighted by atomic mass is 9.95. The van der Waals surface area contributed by atoms with Gasteiger partial charge in [0.25, 0.3) is 0 Å². The van der Waals surface area contributed by atoms with Gasteiger partial charge in [-0.1, -0.05) is 115 Å². The van der Waals surface area contributed by atoms with Crippen LogP contribution in [0.2, 0.25) is 0 Å². The van der Waals surface area contributed by atoms with Gasteiger partial charge in [-0.25, -0.2) is 0 Å². The van der Waals surface area contributed by atoms with Gasteiger partial charge in [-0.2, -0.15) is 0 Å². The van der Waals surface area contributed by atoms with E-state index in [4.69, 9.17) is 8.83 Å². The van der Waals surface area contributed by atoms with Gasteiger partial charge < -0.3 is 13.7 Å². The molecule has 0 bridgehead atoms. The lowest BCUT2D eigenvalue weighted by Gasteiger charge is -2.29. The van der Waals surface area contributed by atoms with Crippen LogP contribution in [-0.2, 0) is 0 Å². The molecule has 230 valence electrons. The molecular weight excluding hydrogens is 599 g/mol. The molecule has 0 aliphatic carbocycles. The van der Waals surface area contributed by atoms with Gasteiger partial charge in [0.05, 0.1) is 5.69 Å². The molecule has 0 N–H and O–H groups in total. The number of fused-ring (bicyclic) bond motifs is 7. The van der Waals surface area contributed by atoms with Crippen molar-refractivity contribution in [1.29, 1.82) is 0 Å². The van der Waals surface area contributed by atoms with Crippen molar-refractivity contribution in [1.82, 2.24) is 0 Å². The van der Waals surface area contributed by atoms with Crippen molar-refractivity contribution >= 4 is 71.7 Å². The highest BCUT2D eigenvalue weighted by molar-refractivity contribution is 6.09. The Morgan fingerprint density at radius 2 is 0.857 bits per heavy atom. The van der Waals surface area contributed by atoms with Gasteiger partial charge in [0.1, 0.15) is 22.3 Å². The van der Waals surface area contributed by atoms with Crippen LogP contribution in [0.1, 0.15) is 0 Å². The van der Waals surface area contributed by atoms with E-state index in [0.29, 0.717) is 0 Å². The molecule has 0 aliphatic rings. The molecule has 2 heterocycles. The molecule has 0 spiro atoms. The van der Waals surface area contributed by atoms with Crippen LogP contribution in [0.5, 0.6) is 0 Å². The van der Waals surface area contributed by atoms with Crippen molar-refractivity contribution in [2.45, 2.75) is 0 Å². The standard InChI is InChI=1S/C46H29NO2/c1-2-11-31(12-3-1)37-23-20-34(33-19-18-30-10-4-5-13-32(30)26-33)27-42(37)47(35-21-24-45-40(28-35)38-14-6-8-16-43(38)48-45)36-22-25-46-41(29-36)39-15-7-9-17-44(39)49-46/h1-29H. The molecule has 3 nitrogen and oxygen atoms in total.